The number of hydrogen-bond donors (Lipinski definition) is 2. The zero-order valence-electron chi connectivity index (χ0n) is 20.4. The molecular formula is C25H25ClFN5O5. The van der Waals surface area contributed by atoms with E-state index in [1.54, 1.807) is 36.1 Å². The van der Waals surface area contributed by atoms with Crippen LogP contribution >= 0.6 is 11.6 Å². The Kier molecular flexibility index (Phi) is 7.74. The van der Waals surface area contributed by atoms with Gasteiger partial charge >= 0.3 is 11.9 Å². The van der Waals surface area contributed by atoms with E-state index in [0.717, 1.165) is 11.6 Å². The number of rotatable bonds is 7. The first-order chi connectivity index (χ1) is 17.7. The molecule has 1 aromatic heterocycles. The summed E-state index contributed by atoms with van der Waals surface area (Å²) in [4.78, 5) is 38.7. The van der Waals surface area contributed by atoms with Crippen molar-refractivity contribution in [2.24, 2.45) is 7.05 Å². The topological polar surface area (TPSA) is 115 Å². The lowest BCUT2D eigenvalue weighted by Crippen LogP contribution is -2.42. The van der Waals surface area contributed by atoms with Gasteiger partial charge in [-0.2, -0.15) is 5.10 Å². The molecule has 1 atom stereocenters. The fraction of sp³-hybridized carbons (Fsp3) is 0.280. The number of nitrogens with zero attached hydrogens (tertiary/aromatic N) is 3. The Bertz CT molecular complexity index is 1360. The number of nitrogens with one attached hydrogen (secondary N) is 2. The van der Waals surface area contributed by atoms with Crippen molar-refractivity contribution in [3.63, 3.8) is 0 Å². The van der Waals surface area contributed by atoms with Gasteiger partial charge in [0.2, 0.25) is 0 Å². The molecule has 2 N–H and O–H groups in total. The van der Waals surface area contributed by atoms with Gasteiger partial charge in [-0.05, 0) is 35.9 Å². The van der Waals surface area contributed by atoms with Gasteiger partial charge in [-0.15, -0.1) is 0 Å². The summed E-state index contributed by atoms with van der Waals surface area (Å²) in [5.74, 6) is -1.64. The van der Waals surface area contributed by atoms with Crippen LogP contribution in [0.2, 0.25) is 5.02 Å². The predicted octanol–water partition coefficient (Wildman–Crippen LogP) is 2.96. The quantitative estimate of drug-likeness (QED) is 0.449. The lowest BCUT2D eigenvalue weighted by Gasteiger charge is -2.23. The molecule has 0 fully saturated rings. The average molecular weight is 530 g/mol. The summed E-state index contributed by atoms with van der Waals surface area (Å²) in [6.07, 6.45) is 1.56. The molecule has 3 aromatic rings. The van der Waals surface area contributed by atoms with Gasteiger partial charge in [0.25, 0.3) is 5.91 Å². The highest BCUT2D eigenvalue weighted by atomic mass is 35.5. The third kappa shape index (κ3) is 5.57. The van der Waals surface area contributed by atoms with E-state index in [0.29, 0.717) is 22.2 Å². The van der Waals surface area contributed by atoms with Crippen LogP contribution in [0, 0.1) is 5.82 Å². The fourth-order valence-electron chi connectivity index (χ4n) is 4.05. The largest absolute Gasteiger partial charge is 0.468 e. The molecule has 0 saturated heterocycles. The van der Waals surface area contributed by atoms with E-state index in [1.807, 2.05) is 0 Å². The third-order valence-corrected chi connectivity index (χ3v) is 6.26. The molecule has 0 bridgehead atoms. The summed E-state index contributed by atoms with van der Waals surface area (Å²) < 4.78 is 26.1. The standard InChI is InChI=1S/C25H25ClFN5O5/c1-31-23-16(11-29-31)13-32(21-7-6-17(26)10-19(21)30-23)24(34)15-5-4-14(18(27)8-15)9-20(25(35)37-3)28-12-22(33)36-2/h4-8,10-11,20,28,30H,9,12-13H2,1-3H3. The van der Waals surface area contributed by atoms with Crippen molar-refractivity contribution in [3.05, 3.63) is 70.1 Å². The molecule has 0 radical (unpaired) electrons. The lowest BCUT2D eigenvalue weighted by molar-refractivity contribution is -0.144. The van der Waals surface area contributed by atoms with Crippen LogP contribution in [0.4, 0.5) is 21.6 Å². The van der Waals surface area contributed by atoms with E-state index in [2.05, 4.69) is 20.5 Å². The molecule has 2 aromatic carbocycles. The number of amides is 1. The number of ether oxygens (including phenoxy) is 2. The monoisotopic (exact) mass is 529 g/mol. The molecule has 37 heavy (non-hydrogen) atoms. The Hall–Kier alpha value is -3.96. The van der Waals surface area contributed by atoms with E-state index in [4.69, 9.17) is 16.3 Å². The minimum Gasteiger partial charge on any atom is -0.468 e. The number of aryl methyl sites for hydroxylation is 1. The van der Waals surface area contributed by atoms with Crippen molar-refractivity contribution in [2.75, 3.05) is 31.0 Å². The van der Waals surface area contributed by atoms with Gasteiger partial charge in [-0.25, -0.2) is 4.39 Å². The van der Waals surface area contributed by atoms with E-state index < -0.39 is 29.7 Å². The number of fused-ring (bicyclic) bond motifs is 2. The highest BCUT2D eigenvalue weighted by Crippen LogP contribution is 2.38. The summed E-state index contributed by atoms with van der Waals surface area (Å²) in [7, 11) is 4.19. The van der Waals surface area contributed by atoms with Crippen molar-refractivity contribution in [2.45, 2.75) is 19.0 Å². The van der Waals surface area contributed by atoms with Crippen LogP contribution < -0.4 is 15.5 Å². The number of halogens is 2. The summed E-state index contributed by atoms with van der Waals surface area (Å²) >= 11 is 6.20. The number of hydrogen-bond acceptors (Lipinski definition) is 8. The lowest BCUT2D eigenvalue weighted by atomic mass is 10.0. The number of anilines is 3. The van der Waals surface area contributed by atoms with Gasteiger partial charge in [0.1, 0.15) is 17.7 Å². The summed E-state index contributed by atoms with van der Waals surface area (Å²) in [6, 6.07) is 8.18. The van der Waals surface area contributed by atoms with Crippen LogP contribution in [0.1, 0.15) is 21.5 Å². The molecule has 0 spiro atoms. The van der Waals surface area contributed by atoms with E-state index >= 15 is 4.39 Å². The van der Waals surface area contributed by atoms with Crippen molar-refractivity contribution >= 4 is 46.6 Å². The van der Waals surface area contributed by atoms with Gasteiger partial charge in [-0.1, -0.05) is 17.7 Å². The number of aromatic nitrogens is 2. The Morgan fingerprint density at radius 3 is 2.68 bits per heavy atom. The normalized spacial score (nSPS) is 13.1. The zero-order chi connectivity index (χ0) is 26.7. The number of methoxy groups -OCH3 is 2. The summed E-state index contributed by atoms with van der Waals surface area (Å²) in [5, 5.41) is 10.7. The molecule has 0 aliphatic carbocycles. The molecule has 194 valence electrons. The van der Waals surface area contributed by atoms with Crippen LogP contribution in [-0.4, -0.2) is 54.4 Å². The van der Waals surface area contributed by atoms with E-state index in [1.165, 1.54) is 31.3 Å². The molecule has 12 heteroatoms. The van der Waals surface area contributed by atoms with Crippen LogP contribution in [-0.2, 0) is 39.1 Å². The number of esters is 2. The Labute approximate surface area is 217 Å². The van der Waals surface area contributed by atoms with Gasteiger partial charge in [0.05, 0.1) is 44.9 Å². The summed E-state index contributed by atoms with van der Waals surface area (Å²) in [5.41, 5.74) is 2.25. The highest BCUT2D eigenvalue weighted by Gasteiger charge is 2.28. The van der Waals surface area contributed by atoms with Gasteiger partial charge in [-0.3, -0.25) is 24.4 Å². The van der Waals surface area contributed by atoms with Gasteiger partial charge < -0.3 is 19.7 Å². The molecule has 2 heterocycles. The maximum Gasteiger partial charge on any atom is 0.323 e. The highest BCUT2D eigenvalue weighted by molar-refractivity contribution is 6.31. The SMILES string of the molecule is COC(=O)CNC(Cc1ccc(C(=O)N2Cc3cnn(C)c3Nc3cc(Cl)ccc32)cc1F)C(=O)OC. The van der Waals surface area contributed by atoms with Crippen molar-refractivity contribution in [1.29, 1.82) is 0 Å². The maximum atomic E-state index is 15.2. The van der Waals surface area contributed by atoms with Crippen LogP contribution in [0.15, 0.2) is 42.6 Å². The van der Waals surface area contributed by atoms with Gasteiger partial charge in [0.15, 0.2) is 0 Å². The molecule has 0 saturated carbocycles. The minimum absolute atomic E-state index is 0.0992. The second kappa shape index (κ2) is 11.0. The number of benzene rings is 2. The van der Waals surface area contributed by atoms with Crippen LogP contribution in [0.3, 0.4) is 0 Å². The van der Waals surface area contributed by atoms with Crippen LogP contribution in [0.5, 0.6) is 0 Å². The van der Waals surface area contributed by atoms with Crippen molar-refractivity contribution in [1.82, 2.24) is 15.1 Å². The maximum absolute atomic E-state index is 15.2. The summed E-state index contributed by atoms with van der Waals surface area (Å²) in [6.45, 7) is -0.0495. The first-order valence-electron chi connectivity index (χ1n) is 11.3. The smallest absolute Gasteiger partial charge is 0.323 e. The second-order valence-corrected chi connectivity index (χ2v) is 8.80. The third-order valence-electron chi connectivity index (χ3n) is 6.02. The Morgan fingerprint density at radius 1 is 1.19 bits per heavy atom. The predicted molar refractivity (Wildman–Crippen MR) is 134 cm³/mol. The second-order valence-electron chi connectivity index (χ2n) is 8.36. The molecular weight excluding hydrogens is 505 g/mol. The van der Waals surface area contributed by atoms with Crippen molar-refractivity contribution < 1.29 is 28.2 Å². The first kappa shape index (κ1) is 26.1. The van der Waals surface area contributed by atoms with Crippen LogP contribution in [0.25, 0.3) is 0 Å². The minimum atomic E-state index is -0.988. The zero-order valence-corrected chi connectivity index (χ0v) is 21.1. The van der Waals surface area contributed by atoms with E-state index in [9.17, 15) is 14.4 Å². The molecule has 1 aliphatic rings. The molecule has 4 rings (SSSR count). The first-order valence-corrected chi connectivity index (χ1v) is 11.7. The fourth-order valence-corrected chi connectivity index (χ4v) is 4.22. The van der Waals surface area contributed by atoms with Crippen molar-refractivity contribution in [3.8, 4) is 0 Å². The average Bonchev–Trinajstić information content (AvgIpc) is 3.14. The van der Waals surface area contributed by atoms with E-state index in [-0.39, 0.29) is 30.6 Å². The Morgan fingerprint density at radius 2 is 1.97 bits per heavy atom. The molecule has 1 amide bonds. The molecule has 10 nitrogen and oxygen atoms in total. The molecule has 1 aliphatic heterocycles. The number of carbonyl (C=O) groups excluding carboxylic acids is 3. The van der Waals surface area contributed by atoms with Gasteiger partial charge in [0, 0.05) is 29.6 Å². The number of carbonyl (C=O) groups is 3. The Balaban J connectivity index is 1.61. The molecule has 1 unspecified atom stereocenters.